The molecule has 0 saturated heterocycles. The molecule has 0 heterocycles. The first-order valence-corrected chi connectivity index (χ1v) is 10.1. The van der Waals surface area contributed by atoms with Gasteiger partial charge in [-0.2, -0.15) is 0 Å². The number of hydrogen-bond acceptors (Lipinski definition) is 3. The Balaban J connectivity index is 2.14. The summed E-state index contributed by atoms with van der Waals surface area (Å²) < 4.78 is 0. The fraction of sp³-hybridized carbons (Fsp3) is 0.400. The summed E-state index contributed by atoms with van der Waals surface area (Å²) >= 11 is 0. The molecule has 2 aromatic carbocycles. The van der Waals surface area contributed by atoms with E-state index >= 15 is 0 Å². The van der Waals surface area contributed by atoms with Crippen molar-refractivity contribution in [3.63, 3.8) is 0 Å². The van der Waals surface area contributed by atoms with Crippen LogP contribution in [-0.4, -0.2) is 15.6 Å². The number of unbranched alkanes of at least 4 members (excludes halogenated alkanes) is 3. The standard InChI is InChI=1S/C20H28NO2P/c1-2-3-4-11-16-19(24(22)23)21-20(17-12-7-5-8-13-17)18-14-9-6-10-15-18/h5-10,12-15,19-23H,2-4,11,16H2,1H3. The predicted molar refractivity (Wildman–Crippen MR) is 102 cm³/mol. The van der Waals surface area contributed by atoms with Gasteiger partial charge in [-0.05, 0) is 17.5 Å². The van der Waals surface area contributed by atoms with Gasteiger partial charge in [0.25, 0.3) is 0 Å². The smallest absolute Gasteiger partial charge is 0.183 e. The van der Waals surface area contributed by atoms with Gasteiger partial charge in [0.1, 0.15) is 0 Å². The highest BCUT2D eigenvalue weighted by molar-refractivity contribution is 7.45. The third kappa shape index (κ3) is 5.99. The fourth-order valence-corrected chi connectivity index (χ4v) is 3.59. The summed E-state index contributed by atoms with van der Waals surface area (Å²) in [5, 5.41) is 3.49. The van der Waals surface area contributed by atoms with Gasteiger partial charge in [-0.3, -0.25) is 5.32 Å². The van der Waals surface area contributed by atoms with Crippen molar-refractivity contribution in [2.24, 2.45) is 0 Å². The zero-order chi connectivity index (χ0) is 17.2. The largest absolute Gasteiger partial charge is 0.349 e. The van der Waals surface area contributed by atoms with E-state index in [2.05, 4.69) is 36.5 Å². The molecular formula is C20H28NO2P. The van der Waals surface area contributed by atoms with Crippen LogP contribution in [0.4, 0.5) is 0 Å². The second-order valence-electron chi connectivity index (χ2n) is 6.11. The summed E-state index contributed by atoms with van der Waals surface area (Å²) in [5.74, 6) is -0.276. The summed E-state index contributed by atoms with van der Waals surface area (Å²) in [6.45, 7) is 2.18. The van der Waals surface area contributed by atoms with Crippen molar-refractivity contribution in [3.8, 4) is 0 Å². The molecule has 0 fully saturated rings. The molecule has 1 atom stereocenters. The quantitative estimate of drug-likeness (QED) is 0.421. The molecule has 0 aliphatic heterocycles. The van der Waals surface area contributed by atoms with E-state index in [-0.39, 0.29) is 11.8 Å². The first kappa shape index (κ1) is 19.1. The number of nitrogens with one attached hydrogen (secondary N) is 1. The Morgan fingerprint density at radius 3 is 1.83 bits per heavy atom. The molecule has 2 rings (SSSR count). The zero-order valence-electron chi connectivity index (χ0n) is 14.3. The Bertz CT molecular complexity index is 523. The highest BCUT2D eigenvalue weighted by Crippen LogP contribution is 2.36. The minimum Gasteiger partial charge on any atom is -0.349 e. The lowest BCUT2D eigenvalue weighted by Crippen LogP contribution is -2.32. The summed E-state index contributed by atoms with van der Waals surface area (Å²) in [6, 6.07) is 20.4. The molecule has 0 spiro atoms. The van der Waals surface area contributed by atoms with Gasteiger partial charge in [0.2, 0.25) is 0 Å². The van der Waals surface area contributed by atoms with Gasteiger partial charge in [0, 0.05) is 0 Å². The van der Waals surface area contributed by atoms with Crippen LogP contribution in [0, 0.1) is 0 Å². The van der Waals surface area contributed by atoms with Gasteiger partial charge in [-0.1, -0.05) is 93.3 Å². The van der Waals surface area contributed by atoms with Crippen molar-refractivity contribution < 1.29 is 9.79 Å². The number of rotatable bonds is 10. The predicted octanol–water partition coefficient (Wildman–Crippen LogP) is 4.96. The maximum atomic E-state index is 9.87. The van der Waals surface area contributed by atoms with E-state index in [1.807, 2.05) is 36.4 Å². The monoisotopic (exact) mass is 345 g/mol. The average Bonchev–Trinajstić information content (AvgIpc) is 2.62. The molecule has 2 aromatic rings. The molecule has 130 valence electrons. The zero-order valence-corrected chi connectivity index (χ0v) is 15.2. The normalized spacial score (nSPS) is 12.7. The SMILES string of the molecule is CCCCCCC(NC(c1ccccc1)c1ccccc1)P(O)O. The van der Waals surface area contributed by atoms with Crippen molar-refractivity contribution in [1.29, 1.82) is 0 Å². The van der Waals surface area contributed by atoms with Crippen LogP contribution in [0.2, 0.25) is 0 Å². The van der Waals surface area contributed by atoms with E-state index in [1.165, 1.54) is 12.8 Å². The Hall–Kier alpha value is -1.25. The highest BCUT2D eigenvalue weighted by atomic mass is 31.2. The lowest BCUT2D eigenvalue weighted by Gasteiger charge is -2.27. The minimum absolute atomic E-state index is 0.0344. The third-order valence-electron chi connectivity index (χ3n) is 4.23. The van der Waals surface area contributed by atoms with E-state index in [4.69, 9.17) is 0 Å². The molecule has 3 nitrogen and oxygen atoms in total. The van der Waals surface area contributed by atoms with Gasteiger partial charge in [-0.25, -0.2) is 0 Å². The molecule has 0 radical (unpaired) electrons. The molecule has 0 amide bonds. The summed E-state index contributed by atoms with van der Waals surface area (Å²) in [6.07, 6.45) is 5.32. The Kier molecular flexibility index (Phi) is 8.41. The second-order valence-corrected chi connectivity index (χ2v) is 7.37. The molecule has 3 N–H and O–H groups in total. The van der Waals surface area contributed by atoms with Crippen molar-refractivity contribution >= 4 is 8.38 Å². The van der Waals surface area contributed by atoms with Gasteiger partial charge in [0.15, 0.2) is 8.38 Å². The van der Waals surface area contributed by atoms with Crippen LogP contribution in [0.5, 0.6) is 0 Å². The third-order valence-corrected chi connectivity index (χ3v) is 5.20. The van der Waals surface area contributed by atoms with E-state index in [9.17, 15) is 9.79 Å². The molecule has 0 aliphatic rings. The van der Waals surface area contributed by atoms with Crippen molar-refractivity contribution in [1.82, 2.24) is 5.32 Å². The van der Waals surface area contributed by atoms with Crippen LogP contribution in [0.3, 0.4) is 0 Å². The molecule has 0 bridgehead atoms. The molecule has 0 aliphatic carbocycles. The van der Waals surface area contributed by atoms with E-state index in [0.29, 0.717) is 0 Å². The molecule has 0 saturated carbocycles. The van der Waals surface area contributed by atoms with Crippen LogP contribution in [0.1, 0.15) is 56.2 Å². The lowest BCUT2D eigenvalue weighted by molar-refractivity contribution is 0.416. The lowest BCUT2D eigenvalue weighted by atomic mass is 9.98. The maximum Gasteiger partial charge on any atom is 0.183 e. The number of benzene rings is 2. The van der Waals surface area contributed by atoms with Gasteiger partial charge >= 0.3 is 0 Å². The Morgan fingerprint density at radius 1 is 0.833 bits per heavy atom. The van der Waals surface area contributed by atoms with Crippen molar-refractivity contribution in [3.05, 3.63) is 71.8 Å². The summed E-state index contributed by atoms with van der Waals surface area (Å²) in [7, 11) is -2.01. The Morgan fingerprint density at radius 2 is 1.38 bits per heavy atom. The van der Waals surface area contributed by atoms with Gasteiger partial charge < -0.3 is 9.79 Å². The minimum atomic E-state index is -2.01. The molecule has 24 heavy (non-hydrogen) atoms. The first-order valence-electron chi connectivity index (χ1n) is 8.75. The van der Waals surface area contributed by atoms with Crippen molar-refractivity contribution in [2.75, 3.05) is 0 Å². The highest BCUT2D eigenvalue weighted by Gasteiger charge is 2.23. The van der Waals surface area contributed by atoms with E-state index in [0.717, 1.165) is 30.4 Å². The van der Waals surface area contributed by atoms with Crippen LogP contribution in [0.25, 0.3) is 0 Å². The van der Waals surface area contributed by atoms with E-state index in [1.54, 1.807) is 0 Å². The van der Waals surface area contributed by atoms with Crippen LogP contribution >= 0.6 is 8.38 Å². The van der Waals surface area contributed by atoms with Crippen LogP contribution in [0.15, 0.2) is 60.7 Å². The molecule has 1 unspecified atom stereocenters. The molecule has 4 heteroatoms. The van der Waals surface area contributed by atoms with Crippen LogP contribution < -0.4 is 5.32 Å². The topological polar surface area (TPSA) is 52.5 Å². The molecule has 0 aromatic heterocycles. The number of hydrogen-bond donors (Lipinski definition) is 3. The van der Waals surface area contributed by atoms with E-state index < -0.39 is 8.38 Å². The Labute approximate surface area is 146 Å². The first-order chi connectivity index (χ1) is 11.7. The maximum absolute atomic E-state index is 9.87. The summed E-state index contributed by atoms with van der Waals surface area (Å²) in [4.78, 5) is 19.7. The average molecular weight is 345 g/mol. The van der Waals surface area contributed by atoms with Crippen molar-refractivity contribution in [2.45, 2.75) is 50.9 Å². The van der Waals surface area contributed by atoms with Crippen LogP contribution in [-0.2, 0) is 0 Å². The van der Waals surface area contributed by atoms with Gasteiger partial charge in [0.05, 0.1) is 11.8 Å². The summed E-state index contributed by atoms with van der Waals surface area (Å²) in [5.41, 5.74) is 2.28. The van der Waals surface area contributed by atoms with Gasteiger partial charge in [-0.15, -0.1) is 0 Å². The second kappa shape index (κ2) is 10.6. The molecular weight excluding hydrogens is 317 g/mol. The fourth-order valence-electron chi connectivity index (χ4n) is 2.90.